The van der Waals surface area contributed by atoms with Gasteiger partial charge in [0.15, 0.2) is 11.6 Å². The molecule has 3 nitrogen and oxygen atoms in total. The van der Waals surface area contributed by atoms with Crippen LogP contribution in [0.25, 0.3) is 0 Å². The molecule has 0 aliphatic carbocycles. The molecule has 5 heteroatoms. The summed E-state index contributed by atoms with van der Waals surface area (Å²) >= 11 is 3.05. The summed E-state index contributed by atoms with van der Waals surface area (Å²) in [5.74, 6) is -2.90. The molecule has 0 aliphatic rings. The van der Waals surface area contributed by atoms with Crippen LogP contribution in [0.1, 0.15) is 18.1 Å². The molecule has 1 atom stereocenters. The topological polar surface area (TPSA) is 57.5 Å². The zero-order chi connectivity index (χ0) is 12.5. The normalized spacial score (nSPS) is 12.5. The fourth-order valence-corrected chi connectivity index (χ4v) is 1.68. The number of carbonyl (C=O) groups is 1. The van der Waals surface area contributed by atoms with Crippen LogP contribution >= 0.6 is 15.9 Å². The molecule has 0 aliphatic heterocycles. The second kappa shape index (κ2) is 4.82. The first kappa shape index (κ1) is 13.0. The summed E-state index contributed by atoms with van der Waals surface area (Å²) in [5, 5.41) is 18.2. The van der Waals surface area contributed by atoms with Gasteiger partial charge in [0.05, 0.1) is 10.4 Å². The summed E-state index contributed by atoms with van der Waals surface area (Å²) < 4.78 is 13.9. The van der Waals surface area contributed by atoms with Crippen LogP contribution < -0.4 is 0 Å². The van der Waals surface area contributed by atoms with Gasteiger partial charge in [-0.1, -0.05) is 13.0 Å². The number of carboxylic acid groups (broad SMARTS) is 1. The highest BCUT2D eigenvalue weighted by molar-refractivity contribution is 9.10. The monoisotopic (exact) mass is 290 g/mol. The van der Waals surface area contributed by atoms with E-state index in [1.807, 2.05) is 0 Å². The second-order valence-corrected chi connectivity index (χ2v) is 4.57. The number of aromatic hydroxyl groups is 1. The fourth-order valence-electron chi connectivity index (χ4n) is 1.39. The Morgan fingerprint density at radius 1 is 1.62 bits per heavy atom. The molecule has 0 bridgehead atoms. The van der Waals surface area contributed by atoms with Gasteiger partial charge in [0, 0.05) is 0 Å². The van der Waals surface area contributed by atoms with E-state index in [1.54, 1.807) is 13.0 Å². The average molecular weight is 291 g/mol. The van der Waals surface area contributed by atoms with Gasteiger partial charge in [0.25, 0.3) is 0 Å². The van der Waals surface area contributed by atoms with Crippen molar-refractivity contribution in [1.29, 1.82) is 0 Å². The number of carboxylic acids is 1. The van der Waals surface area contributed by atoms with Crippen molar-refractivity contribution in [3.63, 3.8) is 0 Å². The number of phenols is 1. The van der Waals surface area contributed by atoms with Gasteiger partial charge in [0.2, 0.25) is 0 Å². The van der Waals surface area contributed by atoms with Crippen molar-refractivity contribution in [2.75, 3.05) is 0 Å². The molecule has 0 saturated carbocycles. The van der Waals surface area contributed by atoms with E-state index < -0.39 is 23.5 Å². The maximum Gasteiger partial charge on any atom is 0.306 e. The van der Waals surface area contributed by atoms with Crippen LogP contribution in [0.3, 0.4) is 0 Å². The van der Waals surface area contributed by atoms with Crippen LogP contribution in [-0.2, 0) is 11.2 Å². The van der Waals surface area contributed by atoms with E-state index in [0.717, 1.165) is 0 Å². The Balaban J connectivity index is 3.11. The van der Waals surface area contributed by atoms with Crippen molar-refractivity contribution in [3.05, 3.63) is 27.5 Å². The summed E-state index contributed by atoms with van der Waals surface area (Å²) in [4.78, 5) is 10.7. The lowest BCUT2D eigenvalue weighted by Gasteiger charge is -2.11. The molecule has 1 aromatic carbocycles. The molecule has 0 radical (unpaired) electrons. The van der Waals surface area contributed by atoms with E-state index in [2.05, 4.69) is 15.9 Å². The largest absolute Gasteiger partial charge is 0.504 e. The maximum absolute atomic E-state index is 13.6. The Morgan fingerprint density at radius 2 is 2.19 bits per heavy atom. The van der Waals surface area contributed by atoms with Gasteiger partial charge in [-0.25, -0.2) is 4.39 Å². The van der Waals surface area contributed by atoms with Gasteiger partial charge < -0.3 is 10.2 Å². The van der Waals surface area contributed by atoms with Crippen LogP contribution in [0.15, 0.2) is 10.5 Å². The van der Waals surface area contributed by atoms with Gasteiger partial charge >= 0.3 is 5.97 Å². The van der Waals surface area contributed by atoms with Crippen molar-refractivity contribution < 1.29 is 19.4 Å². The number of hydrogen-bond donors (Lipinski definition) is 2. The van der Waals surface area contributed by atoms with E-state index in [4.69, 9.17) is 5.11 Å². The average Bonchev–Trinajstić information content (AvgIpc) is 2.22. The van der Waals surface area contributed by atoms with Gasteiger partial charge in [-0.2, -0.15) is 0 Å². The van der Waals surface area contributed by atoms with Crippen molar-refractivity contribution in [1.82, 2.24) is 0 Å². The minimum Gasteiger partial charge on any atom is -0.504 e. The predicted octanol–water partition coefficient (Wildman–Crippen LogP) is 2.87. The second-order valence-electron chi connectivity index (χ2n) is 3.77. The van der Waals surface area contributed by atoms with Crippen LogP contribution in [0.2, 0.25) is 0 Å². The zero-order valence-electron chi connectivity index (χ0n) is 8.92. The lowest BCUT2D eigenvalue weighted by molar-refractivity contribution is -0.141. The highest BCUT2D eigenvalue weighted by atomic mass is 79.9. The standard InChI is InChI=1S/C11H12BrFO3/c1-5-3-7(4-6(2)11(15)16)9(13)10(14)8(5)12/h3,6,14H,4H2,1-2H3,(H,15,16). The van der Waals surface area contributed by atoms with Crippen molar-refractivity contribution in [2.24, 2.45) is 5.92 Å². The molecule has 1 unspecified atom stereocenters. The number of halogens is 2. The lowest BCUT2D eigenvalue weighted by Crippen LogP contribution is -2.13. The van der Waals surface area contributed by atoms with E-state index in [-0.39, 0.29) is 12.0 Å². The molecule has 88 valence electrons. The first-order valence-corrected chi connectivity index (χ1v) is 5.53. The number of aliphatic carboxylic acids is 1. The SMILES string of the molecule is Cc1cc(CC(C)C(=O)O)c(F)c(O)c1Br. The highest BCUT2D eigenvalue weighted by Gasteiger charge is 2.18. The first-order valence-electron chi connectivity index (χ1n) is 4.73. The number of phenolic OH excluding ortho intramolecular Hbond substituents is 1. The fraction of sp³-hybridized carbons (Fsp3) is 0.364. The summed E-state index contributed by atoms with van der Waals surface area (Å²) in [6.45, 7) is 3.20. The van der Waals surface area contributed by atoms with Gasteiger partial charge in [-0.3, -0.25) is 4.79 Å². The van der Waals surface area contributed by atoms with Crippen molar-refractivity contribution >= 4 is 21.9 Å². The molecular formula is C11H12BrFO3. The third-order valence-corrected chi connectivity index (χ3v) is 3.38. The Morgan fingerprint density at radius 3 is 2.69 bits per heavy atom. The van der Waals surface area contributed by atoms with Gasteiger partial charge in [-0.15, -0.1) is 0 Å². The molecule has 0 saturated heterocycles. The number of aryl methyl sites for hydroxylation is 1. The smallest absolute Gasteiger partial charge is 0.306 e. The third kappa shape index (κ3) is 2.52. The van der Waals surface area contributed by atoms with Crippen LogP contribution in [0.5, 0.6) is 5.75 Å². The zero-order valence-corrected chi connectivity index (χ0v) is 10.5. The molecule has 0 spiro atoms. The molecule has 0 aromatic heterocycles. The minimum absolute atomic E-state index is 0.0584. The number of hydrogen-bond acceptors (Lipinski definition) is 2. The first-order chi connectivity index (χ1) is 7.34. The van der Waals surface area contributed by atoms with E-state index in [0.29, 0.717) is 10.0 Å². The molecule has 1 rings (SSSR count). The Bertz CT molecular complexity index is 432. The molecule has 1 aromatic rings. The minimum atomic E-state index is -0.987. The van der Waals surface area contributed by atoms with Gasteiger partial charge in [0.1, 0.15) is 0 Å². The van der Waals surface area contributed by atoms with Gasteiger partial charge in [-0.05, 0) is 40.4 Å². The Kier molecular flexibility index (Phi) is 3.91. The predicted molar refractivity (Wildman–Crippen MR) is 61.0 cm³/mol. The van der Waals surface area contributed by atoms with Crippen molar-refractivity contribution in [2.45, 2.75) is 20.3 Å². The summed E-state index contributed by atoms with van der Waals surface area (Å²) in [7, 11) is 0. The molecule has 16 heavy (non-hydrogen) atoms. The number of rotatable bonds is 3. The van der Waals surface area contributed by atoms with Crippen LogP contribution in [-0.4, -0.2) is 16.2 Å². The van der Waals surface area contributed by atoms with Crippen LogP contribution in [0.4, 0.5) is 4.39 Å². The maximum atomic E-state index is 13.6. The molecule has 0 amide bonds. The highest BCUT2D eigenvalue weighted by Crippen LogP contribution is 2.33. The quantitative estimate of drug-likeness (QED) is 0.900. The van der Waals surface area contributed by atoms with Crippen LogP contribution in [0, 0.1) is 18.7 Å². The summed E-state index contributed by atoms with van der Waals surface area (Å²) in [6, 6.07) is 1.54. The summed E-state index contributed by atoms with van der Waals surface area (Å²) in [5.41, 5.74) is 0.889. The molecule has 0 heterocycles. The third-order valence-electron chi connectivity index (χ3n) is 2.38. The lowest BCUT2D eigenvalue weighted by atomic mass is 9.99. The number of benzene rings is 1. The van der Waals surface area contributed by atoms with E-state index in [9.17, 15) is 14.3 Å². The molecule has 0 fully saturated rings. The summed E-state index contributed by atoms with van der Waals surface area (Å²) in [6.07, 6.45) is 0.0584. The molecular weight excluding hydrogens is 279 g/mol. The van der Waals surface area contributed by atoms with Crippen molar-refractivity contribution in [3.8, 4) is 5.75 Å². The van der Waals surface area contributed by atoms with E-state index >= 15 is 0 Å². The Hall–Kier alpha value is -1.10. The molecule has 2 N–H and O–H groups in total. The Labute approximate surface area is 101 Å². The van der Waals surface area contributed by atoms with E-state index in [1.165, 1.54) is 6.92 Å².